The molecule has 0 bridgehead atoms. The van der Waals surface area contributed by atoms with E-state index < -0.39 is 6.36 Å². The van der Waals surface area contributed by atoms with Crippen molar-refractivity contribution in [2.24, 2.45) is 10.7 Å². The number of hydrogen-bond donors (Lipinski definition) is 2. The molecule has 0 aliphatic carbocycles. The van der Waals surface area contributed by atoms with E-state index in [2.05, 4.69) is 15.0 Å². The van der Waals surface area contributed by atoms with Gasteiger partial charge in [0.2, 0.25) is 0 Å². The van der Waals surface area contributed by atoms with Gasteiger partial charge in [-0.05, 0) is 12.5 Å². The van der Waals surface area contributed by atoms with Crippen LogP contribution in [-0.4, -0.2) is 18.9 Å². The Hall–Kier alpha value is -1.19. The standard InChI is InChI=1S/C13H18F3N3O.HI/c1-2-3-8-18-12(17)19-9-10-6-4-5-7-11(10)20-13(14,15)16;/h4-7H,2-3,8-9H2,1H3,(H3,17,18,19);1H. The van der Waals surface area contributed by atoms with Gasteiger partial charge in [-0.15, -0.1) is 37.1 Å². The molecular weight excluding hydrogens is 398 g/mol. The Kier molecular flexibility index (Phi) is 9.14. The molecule has 1 aromatic rings. The van der Waals surface area contributed by atoms with Gasteiger partial charge in [0, 0.05) is 12.1 Å². The Labute approximate surface area is 139 Å². The van der Waals surface area contributed by atoms with Gasteiger partial charge in [0.25, 0.3) is 0 Å². The Bertz CT molecular complexity index is 453. The van der Waals surface area contributed by atoms with Crippen molar-refractivity contribution in [3.8, 4) is 5.75 Å². The lowest BCUT2D eigenvalue weighted by molar-refractivity contribution is -0.274. The van der Waals surface area contributed by atoms with Crippen LogP contribution in [0.1, 0.15) is 25.3 Å². The number of halogens is 4. The average molecular weight is 417 g/mol. The minimum Gasteiger partial charge on any atom is -0.405 e. The van der Waals surface area contributed by atoms with Crippen molar-refractivity contribution in [1.29, 1.82) is 0 Å². The lowest BCUT2D eigenvalue weighted by Crippen LogP contribution is -2.32. The molecule has 1 aromatic carbocycles. The third kappa shape index (κ3) is 8.64. The van der Waals surface area contributed by atoms with Gasteiger partial charge in [-0.25, -0.2) is 4.99 Å². The highest BCUT2D eigenvalue weighted by Gasteiger charge is 2.31. The molecule has 0 saturated heterocycles. The van der Waals surface area contributed by atoms with Crippen molar-refractivity contribution in [1.82, 2.24) is 5.32 Å². The van der Waals surface area contributed by atoms with Crippen molar-refractivity contribution < 1.29 is 17.9 Å². The molecule has 1 rings (SSSR count). The van der Waals surface area contributed by atoms with Crippen LogP contribution in [0.15, 0.2) is 29.3 Å². The van der Waals surface area contributed by atoms with Crippen molar-refractivity contribution >= 4 is 29.9 Å². The normalized spacial score (nSPS) is 11.7. The second-order valence-electron chi connectivity index (χ2n) is 4.14. The van der Waals surface area contributed by atoms with Gasteiger partial charge in [-0.2, -0.15) is 0 Å². The molecule has 8 heteroatoms. The van der Waals surface area contributed by atoms with E-state index in [0.717, 1.165) is 12.8 Å². The summed E-state index contributed by atoms with van der Waals surface area (Å²) in [6, 6.07) is 5.86. The first-order valence-electron chi connectivity index (χ1n) is 6.30. The van der Waals surface area contributed by atoms with Crippen LogP contribution in [0.25, 0.3) is 0 Å². The van der Waals surface area contributed by atoms with Gasteiger partial charge in [0.05, 0.1) is 6.54 Å². The summed E-state index contributed by atoms with van der Waals surface area (Å²) in [5.74, 6) is -0.0506. The van der Waals surface area contributed by atoms with Crippen LogP contribution >= 0.6 is 24.0 Å². The number of aliphatic imine (C=N–C) groups is 1. The highest BCUT2D eigenvalue weighted by molar-refractivity contribution is 14.0. The fourth-order valence-corrected chi connectivity index (χ4v) is 1.48. The highest BCUT2D eigenvalue weighted by atomic mass is 127. The van der Waals surface area contributed by atoms with Crippen LogP contribution in [0.3, 0.4) is 0 Å². The van der Waals surface area contributed by atoms with E-state index in [4.69, 9.17) is 5.73 Å². The van der Waals surface area contributed by atoms with Gasteiger partial charge in [-0.3, -0.25) is 0 Å². The Morgan fingerprint density at radius 3 is 2.62 bits per heavy atom. The van der Waals surface area contributed by atoms with Crippen molar-refractivity contribution in [3.63, 3.8) is 0 Å². The third-order valence-corrected chi connectivity index (χ3v) is 2.45. The lowest BCUT2D eigenvalue weighted by atomic mass is 10.2. The zero-order valence-electron chi connectivity index (χ0n) is 11.6. The monoisotopic (exact) mass is 417 g/mol. The lowest BCUT2D eigenvalue weighted by Gasteiger charge is -2.12. The van der Waals surface area contributed by atoms with E-state index in [1.807, 2.05) is 6.92 Å². The molecule has 21 heavy (non-hydrogen) atoms. The number of nitrogens with zero attached hydrogens (tertiary/aromatic N) is 1. The Morgan fingerprint density at radius 2 is 2.00 bits per heavy atom. The summed E-state index contributed by atoms with van der Waals surface area (Å²) in [5, 5.41) is 2.89. The number of guanidine groups is 1. The molecule has 0 aliphatic rings. The minimum absolute atomic E-state index is 0. The molecule has 4 nitrogen and oxygen atoms in total. The van der Waals surface area contributed by atoms with Gasteiger partial charge in [0.1, 0.15) is 5.75 Å². The van der Waals surface area contributed by atoms with Gasteiger partial charge >= 0.3 is 6.36 Å². The summed E-state index contributed by atoms with van der Waals surface area (Å²) in [7, 11) is 0. The topological polar surface area (TPSA) is 59.6 Å². The molecule has 0 atom stereocenters. The predicted octanol–water partition coefficient (Wildman–Crippen LogP) is 3.41. The molecule has 0 amide bonds. The van der Waals surface area contributed by atoms with Crippen LogP contribution < -0.4 is 15.8 Å². The number of hydrogen-bond acceptors (Lipinski definition) is 2. The number of ether oxygens (including phenoxy) is 1. The number of benzene rings is 1. The molecule has 3 N–H and O–H groups in total. The first-order valence-corrected chi connectivity index (χ1v) is 6.30. The second-order valence-corrected chi connectivity index (χ2v) is 4.14. The van der Waals surface area contributed by atoms with E-state index in [1.165, 1.54) is 18.2 Å². The number of para-hydroxylation sites is 1. The molecule has 0 radical (unpaired) electrons. The molecule has 0 fully saturated rings. The number of rotatable bonds is 6. The van der Waals surface area contributed by atoms with Crippen LogP contribution in [-0.2, 0) is 6.54 Å². The predicted molar refractivity (Wildman–Crippen MR) is 86.8 cm³/mol. The summed E-state index contributed by atoms with van der Waals surface area (Å²) in [4.78, 5) is 3.99. The van der Waals surface area contributed by atoms with Crippen LogP contribution in [0.5, 0.6) is 5.75 Å². The van der Waals surface area contributed by atoms with Gasteiger partial charge in [-0.1, -0.05) is 31.5 Å². The van der Waals surface area contributed by atoms with Crippen LogP contribution in [0.2, 0.25) is 0 Å². The Balaban J connectivity index is 0.00000400. The number of alkyl halides is 3. The molecule has 0 saturated carbocycles. The zero-order chi connectivity index (χ0) is 15.0. The molecule has 0 heterocycles. The molecular formula is C13H19F3IN3O. The van der Waals surface area contributed by atoms with Crippen molar-refractivity contribution in [3.05, 3.63) is 29.8 Å². The summed E-state index contributed by atoms with van der Waals surface area (Å²) in [6.45, 7) is 2.75. The zero-order valence-corrected chi connectivity index (χ0v) is 13.9. The average Bonchev–Trinajstić information content (AvgIpc) is 2.36. The first-order chi connectivity index (χ1) is 9.42. The first kappa shape index (κ1) is 19.8. The molecule has 0 spiro atoms. The Morgan fingerprint density at radius 1 is 1.33 bits per heavy atom. The summed E-state index contributed by atoms with van der Waals surface area (Å²) >= 11 is 0. The third-order valence-electron chi connectivity index (χ3n) is 2.45. The highest BCUT2D eigenvalue weighted by Crippen LogP contribution is 2.26. The maximum Gasteiger partial charge on any atom is 0.573 e. The maximum atomic E-state index is 12.2. The fourth-order valence-electron chi connectivity index (χ4n) is 1.48. The minimum atomic E-state index is -4.72. The van der Waals surface area contributed by atoms with Crippen molar-refractivity contribution in [2.45, 2.75) is 32.7 Å². The van der Waals surface area contributed by atoms with E-state index in [0.29, 0.717) is 12.1 Å². The molecule has 0 aliphatic heterocycles. The fraction of sp³-hybridized carbons (Fsp3) is 0.462. The van der Waals surface area contributed by atoms with Gasteiger partial charge in [0.15, 0.2) is 5.96 Å². The number of nitrogens with one attached hydrogen (secondary N) is 1. The van der Waals surface area contributed by atoms with Crippen LogP contribution in [0.4, 0.5) is 13.2 Å². The summed E-state index contributed by atoms with van der Waals surface area (Å²) < 4.78 is 40.6. The molecule has 0 aromatic heterocycles. The van der Waals surface area contributed by atoms with E-state index in [-0.39, 0.29) is 42.2 Å². The summed E-state index contributed by atoms with van der Waals surface area (Å²) in [5.41, 5.74) is 5.94. The van der Waals surface area contributed by atoms with E-state index >= 15 is 0 Å². The molecule has 120 valence electrons. The number of nitrogens with two attached hydrogens (primary N) is 1. The summed E-state index contributed by atoms with van der Waals surface area (Å²) in [6.07, 6.45) is -2.75. The maximum absolute atomic E-state index is 12.2. The number of unbranched alkanes of at least 4 members (excludes halogenated alkanes) is 1. The SMILES string of the molecule is CCCCNC(N)=NCc1ccccc1OC(F)(F)F.I. The quantitative estimate of drug-likeness (QED) is 0.323. The van der Waals surface area contributed by atoms with E-state index in [1.54, 1.807) is 6.07 Å². The smallest absolute Gasteiger partial charge is 0.405 e. The second kappa shape index (κ2) is 9.69. The van der Waals surface area contributed by atoms with Gasteiger partial charge < -0.3 is 15.8 Å². The van der Waals surface area contributed by atoms with Crippen molar-refractivity contribution in [2.75, 3.05) is 6.54 Å². The van der Waals surface area contributed by atoms with E-state index in [9.17, 15) is 13.2 Å². The molecule has 0 unspecified atom stereocenters. The largest absolute Gasteiger partial charge is 0.573 e. The van der Waals surface area contributed by atoms with Crippen LogP contribution in [0, 0.1) is 0 Å².